The SMILES string of the molecule is CC(=O)OCC(O)C(Cl)c1ccccc1. The van der Waals surface area contributed by atoms with Crippen LogP contribution in [0, 0.1) is 0 Å². The van der Waals surface area contributed by atoms with Gasteiger partial charge in [0.2, 0.25) is 0 Å². The molecule has 0 bridgehead atoms. The van der Waals surface area contributed by atoms with Crippen molar-refractivity contribution in [3.63, 3.8) is 0 Å². The Morgan fingerprint density at radius 3 is 2.60 bits per heavy atom. The molecule has 0 spiro atoms. The zero-order chi connectivity index (χ0) is 11.3. The first kappa shape index (κ1) is 12.0. The van der Waals surface area contributed by atoms with Crippen LogP contribution in [0.2, 0.25) is 0 Å². The summed E-state index contributed by atoms with van der Waals surface area (Å²) in [5.41, 5.74) is 0.804. The van der Waals surface area contributed by atoms with Crippen molar-refractivity contribution in [2.24, 2.45) is 0 Å². The van der Waals surface area contributed by atoms with E-state index < -0.39 is 17.5 Å². The number of hydrogen-bond acceptors (Lipinski definition) is 3. The summed E-state index contributed by atoms with van der Waals surface area (Å²) in [4.78, 5) is 10.5. The van der Waals surface area contributed by atoms with Gasteiger partial charge in [0.05, 0.1) is 5.38 Å². The third-order valence-corrected chi connectivity index (χ3v) is 2.46. The van der Waals surface area contributed by atoms with Crippen LogP contribution < -0.4 is 0 Å². The van der Waals surface area contributed by atoms with Gasteiger partial charge >= 0.3 is 5.97 Å². The molecule has 1 rings (SSSR count). The number of rotatable bonds is 4. The maximum absolute atomic E-state index is 10.5. The molecule has 0 aliphatic heterocycles. The van der Waals surface area contributed by atoms with Crippen LogP contribution in [-0.4, -0.2) is 23.8 Å². The Hall–Kier alpha value is -1.06. The summed E-state index contributed by atoms with van der Waals surface area (Å²) in [6.45, 7) is 1.21. The second-order valence-corrected chi connectivity index (χ2v) is 3.65. The molecule has 2 atom stereocenters. The first-order valence-corrected chi connectivity index (χ1v) is 5.05. The minimum Gasteiger partial charge on any atom is -0.463 e. The highest BCUT2D eigenvalue weighted by atomic mass is 35.5. The van der Waals surface area contributed by atoms with E-state index in [0.717, 1.165) is 5.56 Å². The summed E-state index contributed by atoms with van der Waals surface area (Å²) < 4.78 is 4.67. The van der Waals surface area contributed by atoms with Crippen LogP contribution in [0.5, 0.6) is 0 Å². The Morgan fingerprint density at radius 1 is 1.47 bits per heavy atom. The van der Waals surface area contributed by atoms with Gasteiger partial charge in [-0.15, -0.1) is 11.6 Å². The van der Waals surface area contributed by atoms with Crippen molar-refractivity contribution in [2.45, 2.75) is 18.4 Å². The highest BCUT2D eigenvalue weighted by Crippen LogP contribution is 2.24. The van der Waals surface area contributed by atoms with Crippen LogP contribution in [0.4, 0.5) is 0 Å². The Bertz CT molecular complexity index is 313. The van der Waals surface area contributed by atoms with Crippen LogP contribution in [0.15, 0.2) is 30.3 Å². The van der Waals surface area contributed by atoms with Crippen molar-refractivity contribution in [3.8, 4) is 0 Å². The van der Waals surface area contributed by atoms with E-state index in [4.69, 9.17) is 11.6 Å². The third-order valence-electron chi connectivity index (χ3n) is 1.91. The quantitative estimate of drug-likeness (QED) is 0.632. The Labute approximate surface area is 93.6 Å². The number of benzene rings is 1. The molecule has 0 aliphatic carbocycles. The number of aliphatic hydroxyl groups is 1. The normalized spacial score (nSPS) is 14.3. The molecule has 0 fully saturated rings. The van der Waals surface area contributed by atoms with Crippen LogP contribution >= 0.6 is 11.6 Å². The number of halogens is 1. The van der Waals surface area contributed by atoms with Crippen LogP contribution in [0.3, 0.4) is 0 Å². The predicted octanol–water partition coefficient (Wildman–Crippen LogP) is 1.89. The summed E-state index contributed by atoms with van der Waals surface area (Å²) in [5.74, 6) is -0.425. The molecule has 1 aromatic rings. The number of alkyl halides is 1. The van der Waals surface area contributed by atoms with Gasteiger partial charge in [-0.1, -0.05) is 30.3 Å². The fourth-order valence-electron chi connectivity index (χ4n) is 1.15. The first-order chi connectivity index (χ1) is 7.11. The van der Waals surface area contributed by atoms with Gasteiger partial charge < -0.3 is 9.84 Å². The standard InChI is InChI=1S/C11H13ClO3/c1-8(13)15-7-10(14)11(12)9-5-3-2-4-6-9/h2-6,10-11,14H,7H2,1H3. The number of hydrogen-bond donors (Lipinski definition) is 1. The number of esters is 1. The molecule has 0 saturated heterocycles. The zero-order valence-corrected chi connectivity index (χ0v) is 9.15. The van der Waals surface area contributed by atoms with Gasteiger partial charge in [0.1, 0.15) is 12.7 Å². The van der Waals surface area contributed by atoms with Gasteiger partial charge in [-0.2, -0.15) is 0 Å². The van der Waals surface area contributed by atoms with E-state index in [9.17, 15) is 9.90 Å². The summed E-state index contributed by atoms with van der Waals surface area (Å²) in [6, 6.07) is 9.17. The minimum atomic E-state index is -0.891. The molecule has 0 amide bonds. The molecule has 3 nitrogen and oxygen atoms in total. The maximum Gasteiger partial charge on any atom is 0.302 e. The highest BCUT2D eigenvalue weighted by molar-refractivity contribution is 6.21. The van der Waals surface area contributed by atoms with E-state index in [1.807, 2.05) is 30.3 Å². The van der Waals surface area contributed by atoms with Gasteiger partial charge in [-0.3, -0.25) is 4.79 Å². The topological polar surface area (TPSA) is 46.5 Å². The predicted molar refractivity (Wildman–Crippen MR) is 57.7 cm³/mol. The van der Waals surface area contributed by atoms with E-state index in [0.29, 0.717) is 0 Å². The lowest BCUT2D eigenvalue weighted by Gasteiger charge is -2.16. The molecular formula is C11H13ClO3. The average molecular weight is 229 g/mol. The lowest BCUT2D eigenvalue weighted by molar-refractivity contribution is -0.143. The van der Waals surface area contributed by atoms with E-state index in [-0.39, 0.29) is 6.61 Å². The van der Waals surface area contributed by atoms with E-state index >= 15 is 0 Å². The second kappa shape index (κ2) is 5.73. The van der Waals surface area contributed by atoms with Crippen molar-refractivity contribution in [2.75, 3.05) is 6.61 Å². The summed E-state index contributed by atoms with van der Waals surface area (Å²) in [7, 11) is 0. The minimum absolute atomic E-state index is 0.0849. The van der Waals surface area contributed by atoms with Crippen LogP contribution in [0.1, 0.15) is 17.9 Å². The van der Waals surface area contributed by atoms with Crippen molar-refractivity contribution < 1.29 is 14.6 Å². The maximum atomic E-state index is 10.5. The fourth-order valence-corrected chi connectivity index (χ4v) is 1.36. The van der Waals surface area contributed by atoms with Gasteiger partial charge in [-0.25, -0.2) is 0 Å². The fraction of sp³-hybridized carbons (Fsp3) is 0.364. The molecule has 0 aromatic heterocycles. The number of ether oxygens (including phenoxy) is 1. The van der Waals surface area contributed by atoms with Crippen LogP contribution in [0.25, 0.3) is 0 Å². The molecule has 0 aliphatic rings. The highest BCUT2D eigenvalue weighted by Gasteiger charge is 2.19. The van der Waals surface area contributed by atoms with E-state index in [1.54, 1.807) is 0 Å². The first-order valence-electron chi connectivity index (χ1n) is 4.61. The Kier molecular flexibility index (Phi) is 4.59. The summed E-state index contributed by atoms with van der Waals surface area (Å²) >= 11 is 6.00. The van der Waals surface area contributed by atoms with Gasteiger partial charge in [0.25, 0.3) is 0 Å². The Balaban J connectivity index is 2.53. The molecule has 0 radical (unpaired) electrons. The number of carbonyl (C=O) groups excluding carboxylic acids is 1. The second-order valence-electron chi connectivity index (χ2n) is 3.18. The zero-order valence-electron chi connectivity index (χ0n) is 8.39. The average Bonchev–Trinajstić information content (AvgIpc) is 2.26. The summed E-state index contributed by atoms with van der Waals surface area (Å²) in [5, 5.41) is 9.05. The monoisotopic (exact) mass is 228 g/mol. The number of carbonyl (C=O) groups is 1. The molecule has 0 saturated carbocycles. The van der Waals surface area contributed by atoms with Crippen molar-refractivity contribution >= 4 is 17.6 Å². The van der Waals surface area contributed by atoms with Gasteiger partial charge in [0.15, 0.2) is 0 Å². The molecule has 1 aromatic carbocycles. The van der Waals surface area contributed by atoms with E-state index in [1.165, 1.54) is 6.92 Å². The smallest absolute Gasteiger partial charge is 0.302 e. The lowest BCUT2D eigenvalue weighted by Crippen LogP contribution is -2.22. The third kappa shape index (κ3) is 3.90. The van der Waals surface area contributed by atoms with Crippen molar-refractivity contribution in [1.82, 2.24) is 0 Å². The molecule has 1 N–H and O–H groups in total. The molecule has 82 valence electrons. The lowest BCUT2D eigenvalue weighted by atomic mass is 10.1. The van der Waals surface area contributed by atoms with Crippen molar-refractivity contribution in [1.29, 1.82) is 0 Å². The largest absolute Gasteiger partial charge is 0.463 e. The van der Waals surface area contributed by atoms with Gasteiger partial charge in [0, 0.05) is 6.92 Å². The summed E-state index contributed by atoms with van der Waals surface area (Å²) in [6.07, 6.45) is -0.891. The molecule has 0 heterocycles. The Morgan fingerprint density at radius 2 is 2.07 bits per heavy atom. The van der Waals surface area contributed by atoms with Crippen molar-refractivity contribution in [3.05, 3.63) is 35.9 Å². The van der Waals surface area contributed by atoms with Gasteiger partial charge in [-0.05, 0) is 5.56 Å². The molecule has 4 heteroatoms. The molecule has 2 unspecified atom stereocenters. The van der Waals surface area contributed by atoms with E-state index in [2.05, 4.69) is 4.74 Å². The molecular weight excluding hydrogens is 216 g/mol. The number of aliphatic hydroxyl groups excluding tert-OH is 1. The van der Waals surface area contributed by atoms with Crippen LogP contribution in [-0.2, 0) is 9.53 Å². The molecule has 15 heavy (non-hydrogen) atoms.